The van der Waals surface area contributed by atoms with Crippen molar-refractivity contribution in [3.05, 3.63) is 18.3 Å². The van der Waals surface area contributed by atoms with E-state index >= 15 is 0 Å². The molecule has 0 aliphatic carbocycles. The van der Waals surface area contributed by atoms with E-state index in [0.717, 1.165) is 0 Å². The van der Waals surface area contributed by atoms with Crippen molar-refractivity contribution in [3.63, 3.8) is 0 Å². The highest BCUT2D eigenvalue weighted by molar-refractivity contribution is 5.90. The van der Waals surface area contributed by atoms with Gasteiger partial charge in [-0.05, 0) is 0 Å². The molecule has 5 N–H and O–H groups in total. The van der Waals surface area contributed by atoms with Crippen LogP contribution in [0.15, 0.2) is 12.5 Å². The van der Waals surface area contributed by atoms with Crippen molar-refractivity contribution in [2.45, 2.75) is 24.5 Å². The van der Waals surface area contributed by atoms with Crippen molar-refractivity contribution in [2.24, 2.45) is 5.73 Å². The predicted molar refractivity (Wildman–Crippen MR) is 66.9 cm³/mol. The summed E-state index contributed by atoms with van der Waals surface area (Å²) in [5.74, 6) is -0.998. The average molecular weight is 295 g/mol. The summed E-state index contributed by atoms with van der Waals surface area (Å²) in [6, 6.07) is 0. The van der Waals surface area contributed by atoms with Gasteiger partial charge in [0.25, 0.3) is 5.91 Å². The van der Waals surface area contributed by atoms with Gasteiger partial charge in [-0.15, -0.1) is 0 Å². The summed E-state index contributed by atoms with van der Waals surface area (Å²) in [5, 5.41) is 28.9. The number of ether oxygens (including phenoxy) is 1. The van der Waals surface area contributed by atoms with Gasteiger partial charge in [-0.2, -0.15) is 0 Å². The van der Waals surface area contributed by atoms with Crippen LogP contribution in [0.25, 0.3) is 11.2 Å². The number of primary amides is 1. The summed E-state index contributed by atoms with van der Waals surface area (Å²) in [4.78, 5) is 22.9. The van der Waals surface area contributed by atoms with Crippen LogP contribution in [0.4, 0.5) is 0 Å². The van der Waals surface area contributed by atoms with Gasteiger partial charge in [-0.3, -0.25) is 9.36 Å². The van der Waals surface area contributed by atoms with Gasteiger partial charge in [0, 0.05) is 0 Å². The Hall–Kier alpha value is -2.14. The summed E-state index contributed by atoms with van der Waals surface area (Å²) in [6.45, 7) is -0.442. The van der Waals surface area contributed by atoms with E-state index in [4.69, 9.17) is 15.6 Å². The van der Waals surface area contributed by atoms with Crippen LogP contribution >= 0.6 is 0 Å². The molecule has 4 unspecified atom stereocenters. The van der Waals surface area contributed by atoms with Gasteiger partial charge in [0.1, 0.15) is 23.8 Å². The van der Waals surface area contributed by atoms with Crippen LogP contribution in [-0.4, -0.2) is 65.7 Å². The Balaban J connectivity index is 2.04. The first-order valence-electron chi connectivity index (χ1n) is 6.14. The number of aliphatic hydroxyl groups is 3. The molecule has 1 amide bonds. The molecule has 1 saturated heterocycles. The van der Waals surface area contributed by atoms with Crippen LogP contribution in [0.2, 0.25) is 0 Å². The van der Waals surface area contributed by atoms with E-state index < -0.39 is 37.1 Å². The maximum Gasteiger partial charge on any atom is 0.286 e. The first-order valence-corrected chi connectivity index (χ1v) is 6.14. The molecule has 0 radical (unpaired) electrons. The molecular formula is C11H13N5O5. The molecule has 0 spiro atoms. The molecule has 0 bridgehead atoms. The van der Waals surface area contributed by atoms with Gasteiger partial charge in [-0.25, -0.2) is 15.0 Å². The standard InChI is InChI=1S/C11H13N5O5/c12-8(20)9-13-1-4-10(15-9)16(3-14-4)11-7(19)6(18)5(2-17)21-11/h1,3,5-7,11,17-19H,2H2,(H2,12,20). The van der Waals surface area contributed by atoms with Gasteiger partial charge < -0.3 is 25.8 Å². The molecule has 10 nitrogen and oxygen atoms in total. The van der Waals surface area contributed by atoms with Gasteiger partial charge >= 0.3 is 0 Å². The lowest BCUT2D eigenvalue weighted by atomic mass is 10.1. The highest BCUT2D eigenvalue weighted by Crippen LogP contribution is 2.30. The monoisotopic (exact) mass is 295 g/mol. The molecule has 3 rings (SSSR count). The first-order chi connectivity index (χ1) is 10.0. The third kappa shape index (κ3) is 2.14. The van der Waals surface area contributed by atoms with E-state index in [1.165, 1.54) is 17.1 Å². The molecule has 0 saturated carbocycles. The summed E-state index contributed by atoms with van der Waals surface area (Å²) < 4.78 is 6.74. The lowest BCUT2D eigenvalue weighted by Crippen LogP contribution is -2.33. The zero-order valence-corrected chi connectivity index (χ0v) is 10.7. The molecule has 3 heterocycles. The SMILES string of the molecule is NC(=O)c1ncc2ncn(C3OC(CO)C(O)C3O)c2n1. The van der Waals surface area contributed by atoms with Crippen LogP contribution in [0.1, 0.15) is 16.8 Å². The summed E-state index contributed by atoms with van der Waals surface area (Å²) in [6.07, 6.45) is -1.76. The van der Waals surface area contributed by atoms with E-state index in [9.17, 15) is 15.0 Å². The fourth-order valence-corrected chi connectivity index (χ4v) is 2.24. The van der Waals surface area contributed by atoms with Crippen molar-refractivity contribution in [2.75, 3.05) is 6.61 Å². The molecular weight excluding hydrogens is 282 g/mol. The van der Waals surface area contributed by atoms with Crippen LogP contribution < -0.4 is 5.73 Å². The highest BCUT2D eigenvalue weighted by Gasteiger charge is 2.43. The number of imidazole rings is 1. The van der Waals surface area contributed by atoms with Crippen LogP contribution in [0.5, 0.6) is 0 Å². The zero-order chi connectivity index (χ0) is 15.1. The Labute approximate surface area is 117 Å². The number of carbonyl (C=O) groups is 1. The second-order valence-electron chi connectivity index (χ2n) is 4.65. The van der Waals surface area contributed by atoms with Gasteiger partial charge in [0.15, 0.2) is 11.9 Å². The van der Waals surface area contributed by atoms with E-state index in [1.54, 1.807) is 0 Å². The number of carbonyl (C=O) groups excluding carboxylic acids is 1. The van der Waals surface area contributed by atoms with Crippen LogP contribution in [0.3, 0.4) is 0 Å². The Bertz CT molecular complexity index is 689. The third-order valence-electron chi connectivity index (χ3n) is 3.33. The fourth-order valence-electron chi connectivity index (χ4n) is 2.24. The third-order valence-corrected chi connectivity index (χ3v) is 3.33. The number of hydrogen-bond donors (Lipinski definition) is 4. The number of amides is 1. The Morgan fingerprint density at radius 2 is 2.14 bits per heavy atom. The van der Waals surface area contributed by atoms with Crippen molar-refractivity contribution >= 4 is 17.1 Å². The molecule has 1 aliphatic rings. The van der Waals surface area contributed by atoms with Crippen LogP contribution in [-0.2, 0) is 4.74 Å². The Kier molecular flexibility index (Phi) is 3.29. The van der Waals surface area contributed by atoms with Gasteiger partial charge in [0.2, 0.25) is 5.82 Å². The molecule has 4 atom stereocenters. The number of rotatable bonds is 3. The summed E-state index contributed by atoms with van der Waals surface area (Å²) in [5.41, 5.74) is 5.73. The molecule has 2 aromatic heterocycles. The second-order valence-corrected chi connectivity index (χ2v) is 4.65. The average Bonchev–Trinajstić information content (AvgIpc) is 3.01. The maximum absolute atomic E-state index is 11.1. The number of fused-ring (bicyclic) bond motifs is 1. The van der Waals surface area contributed by atoms with Crippen molar-refractivity contribution in [3.8, 4) is 0 Å². The molecule has 21 heavy (non-hydrogen) atoms. The largest absolute Gasteiger partial charge is 0.394 e. The lowest BCUT2D eigenvalue weighted by Gasteiger charge is -2.16. The number of aliphatic hydroxyl groups excluding tert-OH is 3. The number of hydrogen-bond acceptors (Lipinski definition) is 8. The maximum atomic E-state index is 11.1. The van der Waals surface area contributed by atoms with Crippen molar-refractivity contribution in [1.82, 2.24) is 19.5 Å². The van der Waals surface area contributed by atoms with Gasteiger partial charge in [-0.1, -0.05) is 0 Å². The number of aromatic nitrogens is 4. The number of nitrogens with two attached hydrogens (primary N) is 1. The smallest absolute Gasteiger partial charge is 0.286 e. The van der Waals surface area contributed by atoms with Crippen molar-refractivity contribution in [1.29, 1.82) is 0 Å². The quantitative estimate of drug-likeness (QED) is 0.485. The molecule has 1 fully saturated rings. The lowest BCUT2D eigenvalue weighted by molar-refractivity contribution is -0.0511. The minimum absolute atomic E-state index is 0.198. The minimum atomic E-state index is -1.27. The zero-order valence-electron chi connectivity index (χ0n) is 10.7. The fraction of sp³-hybridized carbons (Fsp3) is 0.455. The Morgan fingerprint density at radius 1 is 1.38 bits per heavy atom. The van der Waals surface area contributed by atoms with E-state index in [0.29, 0.717) is 5.52 Å². The van der Waals surface area contributed by atoms with Crippen molar-refractivity contribution < 1.29 is 24.9 Å². The molecule has 2 aromatic rings. The predicted octanol–water partition coefficient (Wildman–Crippen LogP) is -2.46. The molecule has 10 heteroatoms. The highest BCUT2D eigenvalue weighted by atomic mass is 16.6. The summed E-state index contributed by atoms with van der Waals surface area (Å²) in [7, 11) is 0. The van der Waals surface area contributed by atoms with Gasteiger partial charge in [0.05, 0.1) is 19.1 Å². The molecule has 112 valence electrons. The second kappa shape index (κ2) is 5.00. The topological polar surface area (TPSA) is 157 Å². The van der Waals surface area contributed by atoms with E-state index in [-0.39, 0.29) is 11.5 Å². The van der Waals surface area contributed by atoms with E-state index in [2.05, 4.69) is 15.0 Å². The first kappa shape index (κ1) is 13.8. The van der Waals surface area contributed by atoms with E-state index in [1.807, 2.05) is 0 Å². The van der Waals surface area contributed by atoms with Crippen LogP contribution in [0, 0.1) is 0 Å². The minimum Gasteiger partial charge on any atom is -0.394 e. The Morgan fingerprint density at radius 3 is 2.76 bits per heavy atom. The number of nitrogens with zero attached hydrogens (tertiary/aromatic N) is 4. The molecule has 1 aliphatic heterocycles. The summed E-state index contributed by atoms with van der Waals surface area (Å²) >= 11 is 0. The normalized spacial score (nSPS) is 29.1. The molecule has 0 aromatic carbocycles.